The zero-order valence-electron chi connectivity index (χ0n) is 10.6. The van der Waals surface area contributed by atoms with Crippen molar-refractivity contribution in [1.82, 2.24) is 0 Å². The molecule has 0 aromatic heterocycles. The molecular weight excluding hydrogens is 350 g/mol. The Morgan fingerprint density at radius 1 is 0.909 bits per heavy atom. The van der Waals surface area contributed by atoms with E-state index in [2.05, 4.69) is 4.74 Å². The van der Waals surface area contributed by atoms with Crippen molar-refractivity contribution in [1.29, 1.82) is 0 Å². The minimum Gasteiger partial charge on any atom is -0.435 e. The van der Waals surface area contributed by atoms with E-state index in [0.29, 0.717) is 6.07 Å². The molecule has 2 aromatic rings. The largest absolute Gasteiger partial charge is 0.435 e. The number of halogens is 7. The van der Waals surface area contributed by atoms with Gasteiger partial charge in [0.25, 0.3) is 0 Å². The maximum absolute atomic E-state index is 13.1. The Morgan fingerprint density at radius 2 is 1.59 bits per heavy atom. The second-order valence-electron chi connectivity index (χ2n) is 4.21. The lowest BCUT2D eigenvalue weighted by Gasteiger charge is -2.16. The summed E-state index contributed by atoms with van der Waals surface area (Å²) >= 11 is 11.6. The van der Waals surface area contributed by atoms with Gasteiger partial charge in [-0.3, -0.25) is 0 Å². The minimum absolute atomic E-state index is 0.0121. The molecule has 2 rings (SSSR count). The molecule has 0 bridgehead atoms. The minimum atomic E-state index is -4.68. The molecule has 0 radical (unpaired) electrons. The first-order valence-electron chi connectivity index (χ1n) is 5.80. The Balaban J connectivity index is 2.63. The highest BCUT2D eigenvalue weighted by Gasteiger charge is 2.34. The van der Waals surface area contributed by atoms with Crippen LogP contribution in [0.25, 0.3) is 11.1 Å². The van der Waals surface area contributed by atoms with E-state index >= 15 is 0 Å². The quantitative estimate of drug-likeness (QED) is 0.588. The van der Waals surface area contributed by atoms with E-state index in [4.69, 9.17) is 23.2 Å². The van der Waals surface area contributed by atoms with Crippen molar-refractivity contribution in [3.63, 3.8) is 0 Å². The molecule has 0 spiro atoms. The lowest BCUT2D eigenvalue weighted by atomic mass is 9.99. The highest BCUT2D eigenvalue weighted by Crippen LogP contribution is 2.41. The van der Waals surface area contributed by atoms with Gasteiger partial charge >= 0.3 is 12.8 Å². The van der Waals surface area contributed by atoms with E-state index < -0.39 is 24.1 Å². The van der Waals surface area contributed by atoms with E-state index in [1.54, 1.807) is 0 Å². The molecule has 22 heavy (non-hydrogen) atoms. The first kappa shape index (κ1) is 16.8. The summed E-state index contributed by atoms with van der Waals surface area (Å²) in [6, 6.07) is 6.24. The zero-order chi connectivity index (χ0) is 16.5. The standard InChI is InChI=1S/C14H7Cl2F5O/c15-7-1-3-9(12(16)5-7)10-6-8(22-13(17)18)2-4-11(10)14(19,20)21/h1-6,13H. The molecule has 0 amide bonds. The van der Waals surface area contributed by atoms with Crippen LogP contribution in [0, 0.1) is 0 Å². The van der Waals surface area contributed by atoms with Crippen LogP contribution in [0.15, 0.2) is 36.4 Å². The van der Waals surface area contributed by atoms with Gasteiger partial charge < -0.3 is 4.74 Å². The molecule has 0 unspecified atom stereocenters. The summed E-state index contributed by atoms with van der Waals surface area (Å²) < 4.78 is 67.8. The van der Waals surface area contributed by atoms with Crippen molar-refractivity contribution < 1.29 is 26.7 Å². The molecule has 0 aliphatic heterocycles. The van der Waals surface area contributed by atoms with Crippen LogP contribution in [0.1, 0.15) is 5.56 Å². The molecule has 2 aromatic carbocycles. The van der Waals surface area contributed by atoms with Crippen LogP contribution < -0.4 is 4.74 Å². The molecule has 0 atom stereocenters. The Kier molecular flexibility index (Phi) is 4.82. The van der Waals surface area contributed by atoms with Crippen LogP contribution >= 0.6 is 23.2 Å². The normalized spacial score (nSPS) is 11.8. The van der Waals surface area contributed by atoms with Gasteiger partial charge in [-0.05, 0) is 35.9 Å². The van der Waals surface area contributed by atoms with Gasteiger partial charge in [0.15, 0.2) is 0 Å². The molecule has 0 aliphatic rings. The van der Waals surface area contributed by atoms with Crippen molar-refractivity contribution in [3.05, 3.63) is 52.0 Å². The fourth-order valence-corrected chi connectivity index (χ4v) is 2.39. The zero-order valence-corrected chi connectivity index (χ0v) is 12.1. The van der Waals surface area contributed by atoms with Crippen molar-refractivity contribution in [2.45, 2.75) is 12.8 Å². The topological polar surface area (TPSA) is 9.23 Å². The Labute approximate surface area is 132 Å². The molecule has 1 nitrogen and oxygen atoms in total. The summed E-state index contributed by atoms with van der Waals surface area (Å²) in [5.41, 5.74) is -1.37. The van der Waals surface area contributed by atoms with Crippen LogP contribution in [-0.4, -0.2) is 6.61 Å². The van der Waals surface area contributed by atoms with Crippen LogP contribution in [0.3, 0.4) is 0 Å². The van der Waals surface area contributed by atoms with E-state index in [1.165, 1.54) is 18.2 Å². The van der Waals surface area contributed by atoms with Gasteiger partial charge in [0.05, 0.1) is 5.56 Å². The molecule has 0 fully saturated rings. The Hall–Kier alpha value is -1.53. The monoisotopic (exact) mass is 356 g/mol. The maximum atomic E-state index is 13.1. The van der Waals surface area contributed by atoms with Crippen molar-refractivity contribution >= 4 is 23.2 Å². The summed E-state index contributed by atoms with van der Waals surface area (Å²) in [6.45, 7) is -3.15. The predicted molar refractivity (Wildman–Crippen MR) is 73.5 cm³/mol. The van der Waals surface area contributed by atoms with Crippen LogP contribution in [0.5, 0.6) is 5.75 Å². The number of rotatable bonds is 3. The highest BCUT2D eigenvalue weighted by atomic mass is 35.5. The molecule has 0 N–H and O–H groups in total. The summed E-state index contributed by atoms with van der Waals surface area (Å²) in [5, 5.41) is 0.203. The number of ether oxygens (including phenoxy) is 1. The predicted octanol–water partition coefficient (Wildman–Crippen LogP) is 6.28. The van der Waals surface area contributed by atoms with Crippen LogP contribution in [0.2, 0.25) is 10.0 Å². The summed E-state index contributed by atoms with van der Waals surface area (Å²) in [6.07, 6.45) is -4.68. The number of benzene rings is 2. The molecule has 0 heterocycles. The third-order valence-electron chi connectivity index (χ3n) is 2.74. The maximum Gasteiger partial charge on any atom is 0.417 e. The molecular formula is C14H7Cl2F5O. The number of alkyl halides is 5. The van der Waals surface area contributed by atoms with Crippen LogP contribution in [0.4, 0.5) is 22.0 Å². The van der Waals surface area contributed by atoms with Gasteiger partial charge in [-0.1, -0.05) is 29.3 Å². The van der Waals surface area contributed by atoms with Gasteiger partial charge in [-0.25, -0.2) is 0 Å². The Bertz CT molecular complexity index is 685. The van der Waals surface area contributed by atoms with E-state index in [-0.39, 0.29) is 21.2 Å². The smallest absolute Gasteiger partial charge is 0.417 e. The Morgan fingerprint density at radius 3 is 2.14 bits per heavy atom. The number of hydrogen-bond acceptors (Lipinski definition) is 1. The van der Waals surface area contributed by atoms with Gasteiger partial charge in [0.1, 0.15) is 5.75 Å². The molecule has 8 heteroatoms. The summed E-state index contributed by atoms with van der Waals surface area (Å²) in [7, 11) is 0. The highest BCUT2D eigenvalue weighted by molar-refractivity contribution is 6.36. The van der Waals surface area contributed by atoms with E-state index in [0.717, 1.165) is 12.1 Å². The average Bonchev–Trinajstić information content (AvgIpc) is 2.36. The SMILES string of the molecule is FC(F)Oc1ccc(C(F)(F)F)c(-c2ccc(Cl)cc2Cl)c1. The number of hydrogen-bond donors (Lipinski definition) is 0. The van der Waals surface area contributed by atoms with Gasteiger partial charge in [-0.15, -0.1) is 0 Å². The van der Waals surface area contributed by atoms with E-state index in [1.807, 2.05) is 0 Å². The molecule has 0 saturated heterocycles. The van der Waals surface area contributed by atoms with Crippen LogP contribution in [-0.2, 0) is 6.18 Å². The van der Waals surface area contributed by atoms with Gasteiger partial charge in [-0.2, -0.15) is 22.0 Å². The van der Waals surface area contributed by atoms with Gasteiger partial charge in [0, 0.05) is 15.6 Å². The second-order valence-corrected chi connectivity index (χ2v) is 5.05. The lowest BCUT2D eigenvalue weighted by molar-refractivity contribution is -0.137. The molecule has 0 aliphatic carbocycles. The van der Waals surface area contributed by atoms with Crippen molar-refractivity contribution in [3.8, 4) is 16.9 Å². The third-order valence-corrected chi connectivity index (χ3v) is 3.29. The molecule has 118 valence electrons. The fraction of sp³-hybridized carbons (Fsp3) is 0.143. The summed E-state index contributed by atoms with van der Waals surface area (Å²) in [5.74, 6) is -0.399. The first-order valence-corrected chi connectivity index (χ1v) is 6.55. The van der Waals surface area contributed by atoms with Crippen molar-refractivity contribution in [2.24, 2.45) is 0 Å². The summed E-state index contributed by atoms with van der Waals surface area (Å²) in [4.78, 5) is 0. The fourth-order valence-electron chi connectivity index (χ4n) is 1.88. The van der Waals surface area contributed by atoms with Gasteiger partial charge in [0.2, 0.25) is 0 Å². The average molecular weight is 357 g/mol. The first-order chi connectivity index (χ1) is 10.2. The second kappa shape index (κ2) is 6.30. The third kappa shape index (κ3) is 3.81. The van der Waals surface area contributed by atoms with E-state index in [9.17, 15) is 22.0 Å². The van der Waals surface area contributed by atoms with Crippen molar-refractivity contribution in [2.75, 3.05) is 0 Å². The lowest BCUT2D eigenvalue weighted by Crippen LogP contribution is -2.08. The molecule has 0 saturated carbocycles.